The third-order valence-electron chi connectivity index (χ3n) is 3.91. The Balaban J connectivity index is 1.76. The molecular formula is C15H25NOS. The van der Waals surface area contributed by atoms with Crippen molar-refractivity contribution in [2.75, 3.05) is 0 Å². The van der Waals surface area contributed by atoms with E-state index in [2.05, 4.69) is 19.2 Å². The molecule has 18 heavy (non-hydrogen) atoms. The molecule has 0 bridgehead atoms. The number of aliphatic hydroxyl groups excluding tert-OH is 1. The molecular weight excluding hydrogens is 242 g/mol. The van der Waals surface area contributed by atoms with Crippen LogP contribution >= 0.6 is 11.3 Å². The quantitative estimate of drug-likeness (QED) is 0.852. The molecule has 3 heteroatoms. The summed E-state index contributed by atoms with van der Waals surface area (Å²) in [5, 5.41) is 15.8. The Morgan fingerprint density at radius 3 is 3.00 bits per heavy atom. The van der Waals surface area contributed by atoms with Crippen molar-refractivity contribution in [1.82, 2.24) is 5.32 Å². The predicted molar refractivity (Wildman–Crippen MR) is 77.9 cm³/mol. The van der Waals surface area contributed by atoms with Gasteiger partial charge in [-0.2, -0.15) is 0 Å². The first-order chi connectivity index (χ1) is 8.65. The molecule has 1 aliphatic carbocycles. The summed E-state index contributed by atoms with van der Waals surface area (Å²) >= 11 is 1.64. The van der Waals surface area contributed by atoms with Crippen LogP contribution in [0.3, 0.4) is 0 Å². The highest BCUT2D eigenvalue weighted by Gasteiger charge is 2.21. The average molecular weight is 267 g/mol. The normalized spacial score (nSPS) is 27.9. The van der Waals surface area contributed by atoms with E-state index in [4.69, 9.17) is 0 Å². The lowest BCUT2D eigenvalue weighted by Crippen LogP contribution is -2.40. The van der Waals surface area contributed by atoms with Crippen LogP contribution in [0.4, 0.5) is 0 Å². The van der Waals surface area contributed by atoms with Crippen molar-refractivity contribution < 1.29 is 5.11 Å². The van der Waals surface area contributed by atoms with E-state index < -0.39 is 0 Å². The highest BCUT2D eigenvalue weighted by atomic mass is 32.1. The molecule has 1 fully saturated rings. The lowest BCUT2D eigenvalue weighted by Gasteiger charge is -2.30. The van der Waals surface area contributed by atoms with Crippen LogP contribution < -0.4 is 5.32 Å². The first-order valence-electron chi connectivity index (χ1n) is 7.12. The molecule has 1 aliphatic rings. The van der Waals surface area contributed by atoms with Gasteiger partial charge in [0.1, 0.15) is 0 Å². The van der Waals surface area contributed by atoms with E-state index >= 15 is 0 Å². The van der Waals surface area contributed by atoms with E-state index in [9.17, 15) is 5.11 Å². The van der Waals surface area contributed by atoms with Gasteiger partial charge in [-0.25, -0.2) is 0 Å². The largest absolute Gasteiger partial charge is 0.388 e. The molecule has 1 saturated carbocycles. The van der Waals surface area contributed by atoms with E-state index in [0.29, 0.717) is 12.1 Å². The molecule has 1 heterocycles. The molecule has 1 aromatic rings. The van der Waals surface area contributed by atoms with Crippen molar-refractivity contribution in [3.05, 3.63) is 22.4 Å². The van der Waals surface area contributed by atoms with Gasteiger partial charge < -0.3 is 10.4 Å². The molecule has 4 unspecified atom stereocenters. The highest BCUT2D eigenvalue weighted by molar-refractivity contribution is 7.10. The third-order valence-corrected chi connectivity index (χ3v) is 4.88. The van der Waals surface area contributed by atoms with Crippen LogP contribution in [0.2, 0.25) is 0 Å². The summed E-state index contributed by atoms with van der Waals surface area (Å²) < 4.78 is 0. The van der Waals surface area contributed by atoms with Crippen LogP contribution in [-0.4, -0.2) is 17.2 Å². The minimum atomic E-state index is -0.312. The molecule has 0 spiro atoms. The SMILES string of the molecule is CC1CCCC(NC(C)CC(O)c2cccs2)C1. The molecule has 4 atom stereocenters. The standard InChI is InChI=1S/C15H25NOS/c1-11-5-3-6-13(9-11)16-12(2)10-14(17)15-7-4-8-18-15/h4,7-8,11-14,16-17H,3,5-6,9-10H2,1-2H3. The second kappa shape index (κ2) is 6.69. The molecule has 1 aromatic heterocycles. The molecule has 2 N–H and O–H groups in total. The Morgan fingerprint density at radius 2 is 2.33 bits per heavy atom. The lowest BCUT2D eigenvalue weighted by atomic mass is 9.86. The maximum Gasteiger partial charge on any atom is 0.0896 e. The van der Waals surface area contributed by atoms with Crippen molar-refractivity contribution in [1.29, 1.82) is 0 Å². The van der Waals surface area contributed by atoms with Crippen LogP contribution in [-0.2, 0) is 0 Å². The van der Waals surface area contributed by atoms with Gasteiger partial charge in [-0.1, -0.05) is 25.8 Å². The zero-order valence-corrected chi connectivity index (χ0v) is 12.2. The Labute approximate surface area is 114 Å². The molecule has 2 rings (SSSR count). The van der Waals surface area contributed by atoms with Crippen molar-refractivity contribution in [2.24, 2.45) is 5.92 Å². The van der Waals surface area contributed by atoms with Crippen molar-refractivity contribution >= 4 is 11.3 Å². The number of thiophene rings is 1. The summed E-state index contributed by atoms with van der Waals surface area (Å²) in [5.74, 6) is 0.852. The maximum absolute atomic E-state index is 10.1. The molecule has 0 saturated heterocycles. The molecule has 0 aliphatic heterocycles. The highest BCUT2D eigenvalue weighted by Crippen LogP contribution is 2.26. The fourth-order valence-corrected chi connectivity index (χ4v) is 3.71. The number of aliphatic hydroxyl groups is 1. The first-order valence-corrected chi connectivity index (χ1v) is 8.00. The van der Waals surface area contributed by atoms with E-state index in [1.54, 1.807) is 11.3 Å². The van der Waals surface area contributed by atoms with Gasteiger partial charge in [0.05, 0.1) is 6.10 Å². The summed E-state index contributed by atoms with van der Waals surface area (Å²) in [4.78, 5) is 1.08. The van der Waals surface area contributed by atoms with Crippen LogP contribution in [0.5, 0.6) is 0 Å². The van der Waals surface area contributed by atoms with Crippen molar-refractivity contribution in [3.8, 4) is 0 Å². The maximum atomic E-state index is 10.1. The van der Waals surface area contributed by atoms with Crippen LogP contribution in [0, 0.1) is 5.92 Å². The molecule has 2 nitrogen and oxygen atoms in total. The van der Waals surface area contributed by atoms with Gasteiger partial charge in [-0.05, 0) is 43.6 Å². The minimum absolute atomic E-state index is 0.312. The monoisotopic (exact) mass is 267 g/mol. The molecule has 0 radical (unpaired) electrons. The van der Waals surface area contributed by atoms with E-state index in [1.807, 2.05) is 17.5 Å². The zero-order valence-electron chi connectivity index (χ0n) is 11.4. The average Bonchev–Trinajstić information content (AvgIpc) is 2.81. The second-order valence-corrected chi connectivity index (χ2v) is 6.78. The summed E-state index contributed by atoms with van der Waals surface area (Å²) in [5.41, 5.74) is 0. The fraction of sp³-hybridized carbons (Fsp3) is 0.733. The first kappa shape index (κ1) is 14.0. The predicted octanol–water partition coefficient (Wildman–Crippen LogP) is 3.73. The van der Waals surface area contributed by atoms with Crippen LogP contribution in [0.15, 0.2) is 17.5 Å². The van der Waals surface area contributed by atoms with E-state index in [-0.39, 0.29) is 6.10 Å². The smallest absolute Gasteiger partial charge is 0.0896 e. The summed E-state index contributed by atoms with van der Waals surface area (Å²) in [7, 11) is 0. The van der Waals surface area contributed by atoms with Gasteiger partial charge in [-0.3, -0.25) is 0 Å². The Morgan fingerprint density at radius 1 is 1.50 bits per heavy atom. The van der Waals surface area contributed by atoms with Gasteiger partial charge in [0, 0.05) is 17.0 Å². The number of nitrogens with one attached hydrogen (secondary N) is 1. The second-order valence-electron chi connectivity index (χ2n) is 5.80. The fourth-order valence-electron chi connectivity index (χ4n) is 2.99. The van der Waals surface area contributed by atoms with E-state index in [0.717, 1.165) is 17.2 Å². The van der Waals surface area contributed by atoms with E-state index in [1.165, 1.54) is 25.7 Å². The summed E-state index contributed by atoms with van der Waals surface area (Å²) in [6.45, 7) is 4.54. The van der Waals surface area contributed by atoms with Gasteiger partial charge in [0.2, 0.25) is 0 Å². The van der Waals surface area contributed by atoms with Gasteiger partial charge in [0.25, 0.3) is 0 Å². The lowest BCUT2D eigenvalue weighted by molar-refractivity contribution is 0.151. The van der Waals surface area contributed by atoms with Crippen LogP contribution in [0.25, 0.3) is 0 Å². The Kier molecular flexibility index (Phi) is 5.22. The Hall–Kier alpha value is -0.380. The third kappa shape index (κ3) is 4.08. The Bertz CT molecular complexity index is 338. The number of hydrogen-bond donors (Lipinski definition) is 2. The van der Waals surface area contributed by atoms with Crippen LogP contribution in [0.1, 0.15) is 56.9 Å². The molecule has 102 valence electrons. The summed E-state index contributed by atoms with van der Waals surface area (Å²) in [6.07, 6.45) is 5.81. The van der Waals surface area contributed by atoms with Gasteiger partial charge >= 0.3 is 0 Å². The van der Waals surface area contributed by atoms with Gasteiger partial charge in [-0.15, -0.1) is 11.3 Å². The minimum Gasteiger partial charge on any atom is -0.388 e. The number of rotatable bonds is 5. The topological polar surface area (TPSA) is 32.3 Å². The molecule has 0 amide bonds. The zero-order chi connectivity index (χ0) is 13.0. The van der Waals surface area contributed by atoms with Crippen molar-refractivity contribution in [3.63, 3.8) is 0 Å². The molecule has 0 aromatic carbocycles. The summed E-state index contributed by atoms with van der Waals surface area (Å²) in [6, 6.07) is 5.06. The number of hydrogen-bond acceptors (Lipinski definition) is 3. The van der Waals surface area contributed by atoms with Gasteiger partial charge in [0.15, 0.2) is 0 Å². The van der Waals surface area contributed by atoms with Crippen molar-refractivity contribution in [2.45, 2.75) is 64.1 Å².